The molecular weight excluding hydrogens is 418 g/mol. The van der Waals surface area contributed by atoms with Gasteiger partial charge in [0, 0.05) is 23.9 Å². The molecule has 1 amide bonds. The first-order valence-corrected chi connectivity index (χ1v) is 11.5. The van der Waals surface area contributed by atoms with Gasteiger partial charge in [0.2, 0.25) is 5.91 Å². The molecule has 4 aromatic rings. The first-order valence-electron chi connectivity index (χ1n) is 10.5. The lowest BCUT2D eigenvalue weighted by Crippen LogP contribution is -2.27. The van der Waals surface area contributed by atoms with Crippen LogP contribution < -0.4 is 4.74 Å². The zero-order valence-corrected chi connectivity index (χ0v) is 18.5. The van der Waals surface area contributed by atoms with Crippen molar-refractivity contribution in [1.29, 1.82) is 0 Å². The molecule has 160 valence electrons. The van der Waals surface area contributed by atoms with E-state index in [1.54, 1.807) is 18.9 Å². The molecule has 2 heterocycles. The number of amides is 1. The normalized spacial score (nSPS) is 15.8. The van der Waals surface area contributed by atoms with Crippen molar-refractivity contribution >= 4 is 17.7 Å². The zero-order valence-electron chi connectivity index (χ0n) is 17.7. The molecule has 1 aliphatic heterocycles. The minimum Gasteiger partial charge on any atom is -0.497 e. The van der Waals surface area contributed by atoms with Crippen LogP contribution in [0.4, 0.5) is 0 Å². The van der Waals surface area contributed by atoms with Crippen molar-refractivity contribution in [2.45, 2.75) is 11.9 Å². The van der Waals surface area contributed by atoms with Crippen molar-refractivity contribution < 1.29 is 9.53 Å². The molecule has 5 rings (SSSR count). The molecule has 0 radical (unpaired) electrons. The summed E-state index contributed by atoms with van der Waals surface area (Å²) in [4.78, 5) is 14.8. The maximum atomic E-state index is 12.8. The van der Waals surface area contributed by atoms with Gasteiger partial charge in [-0.05, 0) is 42.0 Å². The van der Waals surface area contributed by atoms with E-state index in [1.807, 2.05) is 82.4 Å². The lowest BCUT2D eigenvalue weighted by atomic mass is 10.1. The second-order valence-electron chi connectivity index (χ2n) is 7.61. The molecule has 1 aliphatic rings. The number of carbonyl (C=O) groups excluding carboxylic acids is 1. The van der Waals surface area contributed by atoms with Gasteiger partial charge in [0.05, 0.1) is 24.2 Å². The van der Waals surface area contributed by atoms with E-state index in [9.17, 15) is 4.79 Å². The fourth-order valence-electron chi connectivity index (χ4n) is 3.92. The van der Waals surface area contributed by atoms with Crippen LogP contribution in [0, 0.1) is 0 Å². The lowest BCUT2D eigenvalue weighted by molar-refractivity contribution is -0.128. The molecule has 32 heavy (non-hydrogen) atoms. The van der Waals surface area contributed by atoms with Crippen LogP contribution in [0.2, 0.25) is 0 Å². The smallest absolute Gasteiger partial charge is 0.234 e. The fraction of sp³-hybridized carbons (Fsp3) is 0.154. The third-order valence-corrected chi connectivity index (χ3v) is 6.79. The summed E-state index contributed by atoms with van der Waals surface area (Å²) in [5, 5.41) is 4.84. The van der Waals surface area contributed by atoms with Crippen LogP contribution in [0.1, 0.15) is 16.5 Å². The molecule has 0 unspecified atom stereocenters. The number of methoxy groups -OCH3 is 1. The Labute approximate surface area is 191 Å². The van der Waals surface area contributed by atoms with Crippen molar-refractivity contribution in [3.63, 3.8) is 0 Å². The monoisotopic (exact) mass is 441 g/mol. The standard InChI is InChI=1S/C26H23N3O2S/c1-31-22-14-12-20(13-15-22)25-23(17-29(27-25)21-10-6-3-7-11-21)26-28(24(30)18-32-26)16-19-8-4-2-5-9-19/h2-15,17,26H,16,18H2,1H3/t26-/m0/s1. The Bertz CT molecular complexity index is 1210. The summed E-state index contributed by atoms with van der Waals surface area (Å²) in [6.45, 7) is 0.579. The molecule has 1 saturated heterocycles. The summed E-state index contributed by atoms with van der Waals surface area (Å²) in [5.74, 6) is 1.42. The van der Waals surface area contributed by atoms with Crippen LogP contribution in [0.3, 0.4) is 0 Å². The SMILES string of the molecule is COc1ccc(-c2nn(-c3ccccc3)cc2[C@@H]2SCC(=O)N2Cc2ccccc2)cc1. The van der Waals surface area contributed by atoms with Crippen molar-refractivity contribution in [3.8, 4) is 22.7 Å². The number of para-hydroxylation sites is 1. The summed E-state index contributed by atoms with van der Waals surface area (Å²) < 4.78 is 7.23. The summed E-state index contributed by atoms with van der Waals surface area (Å²) in [7, 11) is 1.66. The number of aromatic nitrogens is 2. The van der Waals surface area contributed by atoms with Gasteiger partial charge in [0.15, 0.2) is 0 Å². The Hall–Kier alpha value is -3.51. The van der Waals surface area contributed by atoms with Crippen molar-refractivity contribution in [3.05, 3.63) is 102 Å². The zero-order chi connectivity index (χ0) is 21.9. The summed E-state index contributed by atoms with van der Waals surface area (Å²) in [6.07, 6.45) is 2.06. The number of thioether (sulfide) groups is 1. The van der Waals surface area contributed by atoms with Gasteiger partial charge in [0.1, 0.15) is 11.1 Å². The molecule has 0 aliphatic carbocycles. The average Bonchev–Trinajstić information content (AvgIpc) is 3.44. The predicted octanol–water partition coefficient (Wildman–Crippen LogP) is 5.32. The average molecular weight is 442 g/mol. The molecule has 1 fully saturated rings. The highest BCUT2D eigenvalue weighted by Crippen LogP contribution is 2.43. The van der Waals surface area contributed by atoms with Crippen molar-refractivity contribution in [2.75, 3.05) is 12.9 Å². The van der Waals surface area contributed by atoms with Gasteiger partial charge < -0.3 is 9.64 Å². The Morgan fingerprint density at radius 2 is 1.66 bits per heavy atom. The molecule has 1 atom stereocenters. The topological polar surface area (TPSA) is 47.4 Å². The number of ether oxygens (including phenoxy) is 1. The van der Waals surface area contributed by atoms with E-state index in [0.717, 1.165) is 33.8 Å². The van der Waals surface area contributed by atoms with Crippen LogP contribution in [0.5, 0.6) is 5.75 Å². The lowest BCUT2D eigenvalue weighted by Gasteiger charge is -2.24. The highest BCUT2D eigenvalue weighted by atomic mass is 32.2. The first-order chi connectivity index (χ1) is 15.7. The van der Waals surface area contributed by atoms with Crippen LogP contribution in [-0.2, 0) is 11.3 Å². The first kappa shape index (κ1) is 20.4. The molecule has 0 saturated carbocycles. The number of hydrogen-bond acceptors (Lipinski definition) is 4. The summed E-state index contributed by atoms with van der Waals surface area (Å²) in [6, 6.07) is 28.1. The van der Waals surface area contributed by atoms with E-state index in [4.69, 9.17) is 9.84 Å². The number of rotatable bonds is 6. The minimum absolute atomic E-state index is 0.0997. The van der Waals surface area contributed by atoms with Crippen molar-refractivity contribution in [2.24, 2.45) is 0 Å². The van der Waals surface area contributed by atoms with Crippen molar-refractivity contribution in [1.82, 2.24) is 14.7 Å². The van der Waals surface area contributed by atoms with Crippen LogP contribution in [0.25, 0.3) is 16.9 Å². The number of hydrogen-bond donors (Lipinski definition) is 0. The number of carbonyl (C=O) groups is 1. The summed E-state index contributed by atoms with van der Waals surface area (Å²) in [5.41, 5.74) is 5.01. The maximum absolute atomic E-state index is 12.8. The van der Waals surface area contributed by atoms with Gasteiger partial charge in [0.25, 0.3) is 0 Å². The molecule has 0 bridgehead atoms. The maximum Gasteiger partial charge on any atom is 0.234 e. The number of benzene rings is 3. The predicted molar refractivity (Wildman–Crippen MR) is 128 cm³/mol. The second-order valence-corrected chi connectivity index (χ2v) is 8.68. The quantitative estimate of drug-likeness (QED) is 0.406. The minimum atomic E-state index is -0.0997. The second kappa shape index (κ2) is 8.93. The largest absolute Gasteiger partial charge is 0.497 e. The highest BCUT2D eigenvalue weighted by molar-refractivity contribution is 8.00. The van der Waals surface area contributed by atoms with E-state index in [1.165, 1.54) is 0 Å². The van der Waals surface area contributed by atoms with E-state index in [-0.39, 0.29) is 11.3 Å². The third-order valence-electron chi connectivity index (χ3n) is 5.56. The molecule has 1 aromatic heterocycles. The van der Waals surface area contributed by atoms with E-state index in [0.29, 0.717) is 12.3 Å². The Morgan fingerprint density at radius 1 is 0.969 bits per heavy atom. The van der Waals surface area contributed by atoms with E-state index >= 15 is 0 Å². The Morgan fingerprint density at radius 3 is 2.34 bits per heavy atom. The van der Waals surface area contributed by atoms with Crippen LogP contribution in [0.15, 0.2) is 91.1 Å². The number of nitrogens with zero attached hydrogens (tertiary/aromatic N) is 3. The highest BCUT2D eigenvalue weighted by Gasteiger charge is 2.35. The molecule has 0 spiro atoms. The van der Waals surface area contributed by atoms with Crippen LogP contribution in [-0.4, -0.2) is 33.5 Å². The molecule has 0 N–H and O–H groups in total. The van der Waals surface area contributed by atoms with Gasteiger partial charge >= 0.3 is 0 Å². The van der Waals surface area contributed by atoms with Gasteiger partial charge in [-0.2, -0.15) is 5.10 Å². The van der Waals surface area contributed by atoms with Gasteiger partial charge in [-0.25, -0.2) is 4.68 Å². The van der Waals surface area contributed by atoms with E-state index < -0.39 is 0 Å². The fourth-order valence-corrected chi connectivity index (χ4v) is 5.11. The molecule has 3 aromatic carbocycles. The summed E-state index contributed by atoms with van der Waals surface area (Å²) >= 11 is 1.65. The van der Waals surface area contributed by atoms with Gasteiger partial charge in [-0.3, -0.25) is 4.79 Å². The van der Waals surface area contributed by atoms with Crippen LogP contribution >= 0.6 is 11.8 Å². The third kappa shape index (κ3) is 4.01. The molecular formula is C26H23N3O2S. The molecule has 6 heteroatoms. The Balaban J connectivity index is 1.57. The van der Waals surface area contributed by atoms with Gasteiger partial charge in [-0.15, -0.1) is 11.8 Å². The van der Waals surface area contributed by atoms with E-state index in [2.05, 4.69) is 18.3 Å². The molecule has 5 nitrogen and oxygen atoms in total. The Kier molecular flexibility index (Phi) is 5.69. The van der Waals surface area contributed by atoms with Gasteiger partial charge in [-0.1, -0.05) is 48.5 Å².